The molecular weight excluding hydrogens is 387 g/mol. The second-order valence-electron chi connectivity index (χ2n) is 6.37. The molecule has 0 spiro atoms. The molecule has 0 fully saturated rings. The lowest BCUT2D eigenvalue weighted by atomic mass is 10.0. The molecule has 1 rings (SSSR count). The third-order valence-electron chi connectivity index (χ3n) is 4.32. The summed E-state index contributed by atoms with van der Waals surface area (Å²) in [6, 6.07) is 5.65. The number of hydrogen-bond donors (Lipinski definition) is 0. The molecule has 0 unspecified atom stereocenters. The van der Waals surface area contributed by atoms with E-state index in [4.69, 9.17) is 27.9 Å². The average molecular weight is 415 g/mol. The molecule has 0 aliphatic heterocycles. The van der Waals surface area contributed by atoms with E-state index in [1.165, 1.54) is 20.6 Å². The largest absolute Gasteiger partial charge is 0.469 e. The Morgan fingerprint density at radius 1 is 0.963 bits per heavy atom. The van der Waals surface area contributed by atoms with Crippen molar-refractivity contribution in [1.82, 2.24) is 0 Å². The molecule has 0 atom stereocenters. The van der Waals surface area contributed by atoms with Gasteiger partial charge in [-0.15, -0.1) is 0 Å². The number of halogens is 2. The molecule has 0 aliphatic rings. The van der Waals surface area contributed by atoms with Gasteiger partial charge in [-0.25, -0.2) is 4.79 Å². The van der Waals surface area contributed by atoms with E-state index < -0.39 is 11.9 Å². The fraction of sp³-hybridized carbons (Fsp3) is 0.524. The van der Waals surface area contributed by atoms with E-state index in [2.05, 4.69) is 4.74 Å². The van der Waals surface area contributed by atoms with Crippen molar-refractivity contribution < 1.29 is 19.1 Å². The number of rotatable bonds is 12. The first-order chi connectivity index (χ1) is 13.0. The maximum atomic E-state index is 11.6. The fourth-order valence-electron chi connectivity index (χ4n) is 2.75. The van der Waals surface area contributed by atoms with Gasteiger partial charge in [-0.2, -0.15) is 0 Å². The van der Waals surface area contributed by atoms with E-state index in [9.17, 15) is 9.59 Å². The van der Waals surface area contributed by atoms with E-state index in [1.807, 2.05) is 12.1 Å². The lowest BCUT2D eigenvalue weighted by Crippen LogP contribution is -2.11. The Kier molecular flexibility index (Phi) is 11.9. The lowest BCUT2D eigenvalue weighted by Gasteiger charge is -2.06. The third kappa shape index (κ3) is 9.83. The van der Waals surface area contributed by atoms with Gasteiger partial charge in [0.05, 0.1) is 20.6 Å². The summed E-state index contributed by atoms with van der Waals surface area (Å²) in [7, 11) is 2.61. The number of carbonyl (C=O) groups is 2. The van der Waals surface area contributed by atoms with Crippen molar-refractivity contribution in [3.05, 3.63) is 45.5 Å². The predicted octanol–water partition coefficient (Wildman–Crippen LogP) is 5.93. The second kappa shape index (κ2) is 13.6. The zero-order valence-corrected chi connectivity index (χ0v) is 17.6. The summed E-state index contributed by atoms with van der Waals surface area (Å²) < 4.78 is 9.30. The van der Waals surface area contributed by atoms with Crippen LogP contribution in [0.2, 0.25) is 10.0 Å². The van der Waals surface area contributed by atoms with Crippen LogP contribution in [0, 0.1) is 0 Å². The van der Waals surface area contributed by atoms with Crippen molar-refractivity contribution in [3.63, 3.8) is 0 Å². The SMILES string of the molecule is COC(=O)C/C(=C/CCCCCCCCc1ccc(Cl)cc1Cl)C(=O)OC. The van der Waals surface area contributed by atoms with Crippen LogP contribution in [0.3, 0.4) is 0 Å². The first-order valence-corrected chi connectivity index (χ1v) is 10.0. The van der Waals surface area contributed by atoms with Crippen LogP contribution in [-0.2, 0) is 25.5 Å². The standard InChI is InChI=1S/C21H28Cl2O4/c1-26-20(24)14-17(21(25)27-2)11-9-7-5-3-4-6-8-10-16-12-13-18(22)15-19(16)23/h11-13,15H,3-10,14H2,1-2H3/b17-11-. The quantitative estimate of drug-likeness (QED) is 0.241. The number of hydrogen-bond acceptors (Lipinski definition) is 4. The minimum atomic E-state index is -0.471. The Bertz CT molecular complexity index is 641. The molecule has 0 heterocycles. The van der Waals surface area contributed by atoms with Crippen LogP contribution in [0.4, 0.5) is 0 Å². The van der Waals surface area contributed by atoms with Crippen LogP contribution >= 0.6 is 23.2 Å². The van der Waals surface area contributed by atoms with Gasteiger partial charge in [-0.3, -0.25) is 4.79 Å². The van der Waals surface area contributed by atoms with Gasteiger partial charge in [0.2, 0.25) is 0 Å². The molecule has 0 N–H and O–H groups in total. The van der Waals surface area contributed by atoms with Crippen LogP contribution in [0.5, 0.6) is 0 Å². The highest BCUT2D eigenvalue weighted by Gasteiger charge is 2.14. The highest BCUT2D eigenvalue weighted by Crippen LogP contribution is 2.23. The van der Waals surface area contributed by atoms with Gasteiger partial charge in [-0.1, -0.05) is 61.0 Å². The topological polar surface area (TPSA) is 52.6 Å². The van der Waals surface area contributed by atoms with Gasteiger partial charge in [-0.05, 0) is 43.4 Å². The Labute approximate surface area is 171 Å². The summed E-state index contributed by atoms with van der Waals surface area (Å²) in [5.41, 5.74) is 1.51. The summed E-state index contributed by atoms with van der Waals surface area (Å²) in [4.78, 5) is 23.0. The van der Waals surface area contributed by atoms with Crippen LogP contribution in [-0.4, -0.2) is 26.2 Å². The summed E-state index contributed by atoms with van der Waals surface area (Å²) in [6.07, 6.45) is 10.1. The summed E-state index contributed by atoms with van der Waals surface area (Å²) >= 11 is 12.1. The fourth-order valence-corrected chi connectivity index (χ4v) is 3.26. The summed E-state index contributed by atoms with van der Waals surface area (Å²) in [5, 5.41) is 1.40. The zero-order chi connectivity index (χ0) is 20.1. The van der Waals surface area contributed by atoms with Gasteiger partial charge >= 0.3 is 11.9 Å². The number of allylic oxidation sites excluding steroid dienone is 1. The van der Waals surface area contributed by atoms with Crippen molar-refractivity contribution in [1.29, 1.82) is 0 Å². The first-order valence-electron chi connectivity index (χ1n) is 9.26. The number of methoxy groups -OCH3 is 2. The van der Waals surface area contributed by atoms with Gasteiger partial charge in [0.15, 0.2) is 0 Å². The number of aryl methyl sites for hydroxylation is 1. The number of benzene rings is 1. The Hall–Kier alpha value is -1.52. The minimum absolute atomic E-state index is 0.0452. The van der Waals surface area contributed by atoms with E-state index >= 15 is 0 Å². The van der Waals surface area contributed by atoms with Crippen LogP contribution in [0.25, 0.3) is 0 Å². The summed E-state index contributed by atoms with van der Waals surface area (Å²) in [6.45, 7) is 0. The molecule has 27 heavy (non-hydrogen) atoms. The highest BCUT2D eigenvalue weighted by molar-refractivity contribution is 6.35. The monoisotopic (exact) mass is 414 g/mol. The smallest absolute Gasteiger partial charge is 0.333 e. The third-order valence-corrected chi connectivity index (χ3v) is 4.90. The van der Waals surface area contributed by atoms with Crippen LogP contribution in [0.15, 0.2) is 29.8 Å². The molecule has 0 radical (unpaired) electrons. The van der Waals surface area contributed by atoms with Crippen LogP contribution < -0.4 is 0 Å². The number of unbranched alkanes of at least 4 members (excludes halogenated alkanes) is 6. The molecule has 0 aromatic heterocycles. The van der Waals surface area contributed by atoms with Crippen molar-refractivity contribution in [3.8, 4) is 0 Å². The molecule has 0 aliphatic carbocycles. The van der Waals surface area contributed by atoms with Crippen molar-refractivity contribution in [2.45, 2.75) is 57.8 Å². The number of esters is 2. The van der Waals surface area contributed by atoms with Crippen molar-refractivity contribution in [2.24, 2.45) is 0 Å². The van der Waals surface area contributed by atoms with Gasteiger partial charge in [0.25, 0.3) is 0 Å². The summed E-state index contributed by atoms with van der Waals surface area (Å²) in [5.74, 6) is -0.909. The van der Waals surface area contributed by atoms with Gasteiger partial charge in [0.1, 0.15) is 0 Å². The Morgan fingerprint density at radius 2 is 1.63 bits per heavy atom. The normalized spacial score (nSPS) is 11.3. The molecule has 0 saturated carbocycles. The minimum Gasteiger partial charge on any atom is -0.469 e. The van der Waals surface area contributed by atoms with E-state index in [0.29, 0.717) is 10.6 Å². The van der Waals surface area contributed by atoms with Crippen molar-refractivity contribution in [2.75, 3.05) is 14.2 Å². The Balaban J connectivity index is 2.18. The molecule has 6 heteroatoms. The van der Waals surface area contributed by atoms with Gasteiger partial charge < -0.3 is 9.47 Å². The lowest BCUT2D eigenvalue weighted by molar-refractivity contribution is -0.143. The molecule has 1 aromatic carbocycles. The molecule has 150 valence electrons. The van der Waals surface area contributed by atoms with Gasteiger partial charge in [0, 0.05) is 15.6 Å². The van der Waals surface area contributed by atoms with E-state index in [0.717, 1.165) is 55.5 Å². The molecule has 0 saturated heterocycles. The van der Waals surface area contributed by atoms with Crippen LogP contribution in [0.1, 0.15) is 56.9 Å². The molecule has 0 bridgehead atoms. The second-order valence-corrected chi connectivity index (χ2v) is 7.21. The molecular formula is C21H28Cl2O4. The number of ether oxygens (including phenoxy) is 2. The highest BCUT2D eigenvalue weighted by atomic mass is 35.5. The first kappa shape index (κ1) is 23.5. The predicted molar refractivity (Wildman–Crippen MR) is 109 cm³/mol. The van der Waals surface area contributed by atoms with E-state index in [1.54, 1.807) is 12.1 Å². The zero-order valence-electron chi connectivity index (χ0n) is 16.1. The number of carbonyl (C=O) groups excluding carboxylic acids is 2. The Morgan fingerprint density at radius 3 is 2.26 bits per heavy atom. The molecule has 1 aromatic rings. The average Bonchev–Trinajstić information content (AvgIpc) is 2.66. The molecule has 0 amide bonds. The van der Waals surface area contributed by atoms with Crippen molar-refractivity contribution >= 4 is 35.1 Å². The van der Waals surface area contributed by atoms with E-state index in [-0.39, 0.29) is 6.42 Å². The molecule has 4 nitrogen and oxygen atoms in total. The maximum absolute atomic E-state index is 11.6. The maximum Gasteiger partial charge on any atom is 0.333 e.